The van der Waals surface area contributed by atoms with Crippen LogP contribution in [-0.4, -0.2) is 41.1 Å². The number of thioether (sulfide) groups is 1. The zero-order valence-electron chi connectivity index (χ0n) is 12.2. The largest absolute Gasteiger partial charge is 0.323 e. The first-order valence-electron chi connectivity index (χ1n) is 7.22. The Kier molecular flexibility index (Phi) is 7.08. The number of hydrogen-bond acceptors (Lipinski definition) is 3. The molecule has 4 heteroatoms. The third-order valence-electron chi connectivity index (χ3n) is 3.64. The predicted octanol–water partition coefficient (Wildman–Crippen LogP) is 2.85. The molecule has 1 fully saturated rings. The number of carbonyl (C=O) groups excluding carboxylic acids is 1. The molecule has 0 aromatic rings. The van der Waals surface area contributed by atoms with E-state index >= 15 is 0 Å². The maximum Gasteiger partial charge on any atom is 0.241 e. The lowest BCUT2D eigenvalue weighted by Crippen LogP contribution is -2.43. The molecule has 0 bridgehead atoms. The molecule has 0 spiro atoms. The van der Waals surface area contributed by atoms with Crippen LogP contribution in [0.1, 0.15) is 52.9 Å². The molecule has 0 aromatic heterocycles. The number of hydrogen-bond donors (Lipinski definition) is 1. The minimum atomic E-state index is 0.0586. The summed E-state index contributed by atoms with van der Waals surface area (Å²) in [6.07, 6.45) is 7.69. The maximum atomic E-state index is 12.4. The summed E-state index contributed by atoms with van der Waals surface area (Å²) in [6.45, 7) is 6.51. The molecule has 3 unspecified atom stereocenters. The van der Waals surface area contributed by atoms with Crippen LogP contribution in [0.25, 0.3) is 0 Å². The van der Waals surface area contributed by atoms with Gasteiger partial charge in [0.1, 0.15) is 0 Å². The summed E-state index contributed by atoms with van der Waals surface area (Å²) in [4.78, 5) is 14.6. The number of nitrogens with one attached hydrogen (secondary N) is 1. The fourth-order valence-electron chi connectivity index (χ4n) is 2.66. The monoisotopic (exact) mass is 272 g/mol. The predicted molar refractivity (Wildman–Crippen MR) is 79.8 cm³/mol. The van der Waals surface area contributed by atoms with E-state index in [9.17, 15) is 4.79 Å². The second kappa shape index (κ2) is 8.05. The average molecular weight is 272 g/mol. The lowest BCUT2D eigenvalue weighted by molar-refractivity contribution is -0.132. The molecule has 0 saturated carbocycles. The second-order valence-electron chi connectivity index (χ2n) is 5.19. The third kappa shape index (κ3) is 3.89. The van der Waals surface area contributed by atoms with E-state index in [1.54, 1.807) is 0 Å². The van der Waals surface area contributed by atoms with Crippen LogP contribution in [0.5, 0.6) is 0 Å². The summed E-state index contributed by atoms with van der Waals surface area (Å²) in [5.41, 5.74) is 0. The Bertz CT molecular complexity index is 260. The van der Waals surface area contributed by atoms with E-state index in [-0.39, 0.29) is 12.2 Å². The van der Waals surface area contributed by atoms with Crippen molar-refractivity contribution < 1.29 is 4.79 Å². The molecular weight excluding hydrogens is 244 g/mol. The molecule has 18 heavy (non-hydrogen) atoms. The number of amides is 1. The highest BCUT2D eigenvalue weighted by atomic mass is 32.2. The highest BCUT2D eigenvalue weighted by Gasteiger charge is 2.39. The van der Waals surface area contributed by atoms with E-state index in [0.717, 1.165) is 37.9 Å². The molecule has 3 nitrogen and oxygen atoms in total. The smallest absolute Gasteiger partial charge is 0.241 e. The summed E-state index contributed by atoms with van der Waals surface area (Å²) in [5, 5.41) is 3.52. The van der Waals surface area contributed by atoms with E-state index in [2.05, 4.69) is 37.2 Å². The van der Waals surface area contributed by atoms with Crippen molar-refractivity contribution in [3.8, 4) is 0 Å². The van der Waals surface area contributed by atoms with Gasteiger partial charge in [-0.15, -0.1) is 0 Å². The van der Waals surface area contributed by atoms with Crippen molar-refractivity contribution in [1.29, 1.82) is 0 Å². The van der Waals surface area contributed by atoms with Crippen LogP contribution >= 0.6 is 11.8 Å². The molecule has 1 aliphatic heterocycles. The standard InChI is InChI=1S/C14H28N2OS/c1-5-7-12-14(17)16(11(3)9-10-18-4)13(15-12)8-6-2/h11-13,15H,5-10H2,1-4H3. The van der Waals surface area contributed by atoms with Gasteiger partial charge in [-0.05, 0) is 38.2 Å². The summed E-state index contributed by atoms with van der Waals surface area (Å²) in [5.74, 6) is 1.45. The SMILES string of the molecule is CCCC1NC(CCC)N(C(C)CCSC)C1=O. The molecule has 1 aliphatic rings. The zero-order valence-corrected chi connectivity index (χ0v) is 13.1. The number of carbonyl (C=O) groups is 1. The summed E-state index contributed by atoms with van der Waals surface area (Å²) in [7, 11) is 0. The van der Waals surface area contributed by atoms with E-state index < -0.39 is 0 Å². The lowest BCUT2D eigenvalue weighted by Gasteiger charge is -2.30. The van der Waals surface area contributed by atoms with Gasteiger partial charge in [-0.2, -0.15) is 11.8 Å². The molecule has 1 rings (SSSR count). The number of nitrogens with zero attached hydrogens (tertiary/aromatic N) is 1. The average Bonchev–Trinajstić information content (AvgIpc) is 2.64. The molecule has 1 saturated heterocycles. The van der Waals surface area contributed by atoms with Gasteiger partial charge in [0.25, 0.3) is 0 Å². The van der Waals surface area contributed by atoms with E-state index in [1.165, 1.54) is 0 Å². The molecule has 1 amide bonds. The van der Waals surface area contributed by atoms with Crippen molar-refractivity contribution in [3.05, 3.63) is 0 Å². The van der Waals surface area contributed by atoms with Crippen molar-refractivity contribution in [2.45, 2.75) is 71.1 Å². The second-order valence-corrected chi connectivity index (χ2v) is 6.17. The van der Waals surface area contributed by atoms with Crippen molar-refractivity contribution in [2.75, 3.05) is 12.0 Å². The van der Waals surface area contributed by atoms with Gasteiger partial charge in [-0.1, -0.05) is 26.7 Å². The third-order valence-corrected chi connectivity index (χ3v) is 4.28. The van der Waals surface area contributed by atoms with Crippen LogP contribution in [0.15, 0.2) is 0 Å². The Balaban J connectivity index is 2.67. The first-order valence-corrected chi connectivity index (χ1v) is 8.62. The summed E-state index contributed by atoms with van der Waals surface area (Å²) < 4.78 is 0. The molecule has 0 radical (unpaired) electrons. The van der Waals surface area contributed by atoms with Crippen LogP contribution in [0, 0.1) is 0 Å². The topological polar surface area (TPSA) is 32.3 Å². The summed E-state index contributed by atoms with van der Waals surface area (Å²) in [6, 6.07) is 0.416. The zero-order chi connectivity index (χ0) is 13.5. The van der Waals surface area contributed by atoms with E-state index in [1.807, 2.05) is 11.8 Å². The lowest BCUT2D eigenvalue weighted by atomic mass is 10.1. The maximum absolute atomic E-state index is 12.4. The minimum Gasteiger partial charge on any atom is -0.323 e. The highest BCUT2D eigenvalue weighted by Crippen LogP contribution is 2.22. The van der Waals surface area contributed by atoms with Gasteiger partial charge < -0.3 is 4.90 Å². The Morgan fingerprint density at radius 1 is 1.33 bits per heavy atom. The first kappa shape index (κ1) is 15.8. The van der Waals surface area contributed by atoms with Crippen LogP contribution in [0.3, 0.4) is 0 Å². The van der Waals surface area contributed by atoms with Gasteiger partial charge in [0.05, 0.1) is 12.2 Å². The van der Waals surface area contributed by atoms with Gasteiger partial charge in [-0.25, -0.2) is 0 Å². The fourth-order valence-corrected chi connectivity index (χ4v) is 3.24. The first-order chi connectivity index (χ1) is 8.65. The van der Waals surface area contributed by atoms with E-state index in [0.29, 0.717) is 11.9 Å². The normalized spacial score (nSPS) is 25.8. The molecule has 1 N–H and O–H groups in total. The fraction of sp³-hybridized carbons (Fsp3) is 0.929. The molecule has 0 aliphatic carbocycles. The van der Waals surface area contributed by atoms with Crippen molar-refractivity contribution in [3.63, 3.8) is 0 Å². The van der Waals surface area contributed by atoms with Crippen molar-refractivity contribution in [1.82, 2.24) is 10.2 Å². The van der Waals surface area contributed by atoms with Crippen LogP contribution in [0.4, 0.5) is 0 Å². The van der Waals surface area contributed by atoms with Gasteiger partial charge in [0.15, 0.2) is 0 Å². The summed E-state index contributed by atoms with van der Waals surface area (Å²) >= 11 is 1.86. The molecular formula is C14H28N2OS. The van der Waals surface area contributed by atoms with E-state index in [4.69, 9.17) is 0 Å². The Morgan fingerprint density at radius 2 is 2.00 bits per heavy atom. The van der Waals surface area contributed by atoms with Gasteiger partial charge in [0, 0.05) is 6.04 Å². The molecule has 0 aromatic carbocycles. The van der Waals surface area contributed by atoms with Gasteiger partial charge in [-0.3, -0.25) is 10.1 Å². The molecule has 1 heterocycles. The Morgan fingerprint density at radius 3 is 2.56 bits per heavy atom. The highest BCUT2D eigenvalue weighted by molar-refractivity contribution is 7.98. The van der Waals surface area contributed by atoms with Crippen LogP contribution in [-0.2, 0) is 4.79 Å². The van der Waals surface area contributed by atoms with Crippen LogP contribution in [0.2, 0.25) is 0 Å². The Hall–Kier alpha value is -0.220. The van der Waals surface area contributed by atoms with Crippen molar-refractivity contribution >= 4 is 17.7 Å². The minimum absolute atomic E-state index is 0.0586. The van der Waals surface area contributed by atoms with Gasteiger partial charge in [0.2, 0.25) is 5.91 Å². The molecule has 3 atom stereocenters. The Labute approximate surface area is 116 Å². The van der Waals surface area contributed by atoms with Gasteiger partial charge >= 0.3 is 0 Å². The van der Waals surface area contributed by atoms with Crippen molar-refractivity contribution in [2.24, 2.45) is 0 Å². The number of rotatable bonds is 8. The quantitative estimate of drug-likeness (QED) is 0.737. The van der Waals surface area contributed by atoms with Crippen LogP contribution < -0.4 is 5.32 Å². The molecule has 106 valence electrons.